The second-order valence-electron chi connectivity index (χ2n) is 6.52. The summed E-state index contributed by atoms with van der Waals surface area (Å²) < 4.78 is 46.7. The van der Waals surface area contributed by atoms with Gasteiger partial charge in [0.1, 0.15) is 0 Å². The molecule has 1 aliphatic rings. The molecule has 1 aromatic carbocycles. The van der Waals surface area contributed by atoms with Crippen molar-refractivity contribution in [3.05, 3.63) is 52.5 Å². The largest absolute Gasteiger partial charge is 0.494 e. The fourth-order valence-corrected chi connectivity index (χ4v) is 4.28. The molecule has 3 rings (SSSR count). The summed E-state index contributed by atoms with van der Waals surface area (Å²) in [6.45, 7) is 0.120. The van der Waals surface area contributed by atoms with Crippen LogP contribution in [0.5, 0.6) is 5.75 Å². The van der Waals surface area contributed by atoms with Crippen LogP contribution in [0.4, 0.5) is 4.39 Å². The summed E-state index contributed by atoms with van der Waals surface area (Å²) in [6.07, 6.45) is 5.87. The van der Waals surface area contributed by atoms with Crippen LogP contribution in [0.1, 0.15) is 37.3 Å². The lowest BCUT2D eigenvalue weighted by Gasteiger charge is -2.11. The van der Waals surface area contributed by atoms with E-state index in [1.165, 1.54) is 36.2 Å². The van der Waals surface area contributed by atoms with Crippen molar-refractivity contribution in [2.45, 2.75) is 43.0 Å². The molecule has 27 heavy (non-hydrogen) atoms. The Hall–Kier alpha value is -2.26. The van der Waals surface area contributed by atoms with Gasteiger partial charge in [-0.2, -0.15) is 0 Å². The highest BCUT2D eigenvalue weighted by Crippen LogP contribution is 2.32. The molecule has 0 aliphatic heterocycles. The highest BCUT2D eigenvalue weighted by Gasteiger charge is 2.19. The zero-order valence-electron chi connectivity index (χ0n) is 15.0. The van der Waals surface area contributed by atoms with E-state index in [-0.39, 0.29) is 29.3 Å². The lowest BCUT2D eigenvalue weighted by Crippen LogP contribution is -2.31. The molecule has 1 aromatic heterocycles. The average Bonchev–Trinajstić information content (AvgIpc) is 3.17. The summed E-state index contributed by atoms with van der Waals surface area (Å²) in [5.41, 5.74) is 0.602. The molecule has 0 atom stereocenters. The van der Waals surface area contributed by atoms with Crippen molar-refractivity contribution in [2.75, 3.05) is 13.7 Å². The lowest BCUT2D eigenvalue weighted by atomic mass is 10.0. The topological polar surface area (TPSA) is 90.3 Å². The van der Waals surface area contributed by atoms with Crippen LogP contribution in [0.15, 0.2) is 40.3 Å². The Morgan fingerprint density at radius 1 is 1.30 bits per heavy atom. The molecule has 1 aliphatic carbocycles. The van der Waals surface area contributed by atoms with Crippen molar-refractivity contribution in [3.8, 4) is 5.75 Å². The van der Waals surface area contributed by atoms with E-state index in [0.717, 1.165) is 37.4 Å². The van der Waals surface area contributed by atoms with E-state index in [2.05, 4.69) is 9.71 Å². The summed E-state index contributed by atoms with van der Waals surface area (Å²) in [6, 6.07) is 4.93. The van der Waals surface area contributed by atoms with Gasteiger partial charge in [0.25, 0.3) is 5.56 Å². The molecule has 0 bridgehead atoms. The molecule has 7 nitrogen and oxygen atoms in total. The van der Waals surface area contributed by atoms with Crippen LogP contribution in [-0.2, 0) is 16.6 Å². The third-order valence-electron chi connectivity index (χ3n) is 4.75. The number of ether oxygens (including phenoxy) is 1. The molecule has 0 spiro atoms. The fraction of sp³-hybridized carbons (Fsp3) is 0.444. The van der Waals surface area contributed by atoms with Crippen molar-refractivity contribution < 1.29 is 17.5 Å². The third-order valence-corrected chi connectivity index (χ3v) is 6.21. The molecule has 0 saturated heterocycles. The van der Waals surface area contributed by atoms with Gasteiger partial charge in [-0.3, -0.25) is 9.36 Å². The van der Waals surface area contributed by atoms with E-state index in [0.29, 0.717) is 5.92 Å². The number of sulfonamides is 1. The van der Waals surface area contributed by atoms with Gasteiger partial charge < -0.3 is 4.74 Å². The Morgan fingerprint density at radius 3 is 2.67 bits per heavy atom. The predicted molar refractivity (Wildman–Crippen MR) is 97.8 cm³/mol. The van der Waals surface area contributed by atoms with E-state index < -0.39 is 15.8 Å². The first-order chi connectivity index (χ1) is 12.9. The molecule has 2 aromatic rings. The normalized spacial score (nSPS) is 15.2. The summed E-state index contributed by atoms with van der Waals surface area (Å²) in [5.74, 6) is -0.451. The van der Waals surface area contributed by atoms with Gasteiger partial charge in [0, 0.05) is 25.1 Å². The number of nitrogens with one attached hydrogen (secondary N) is 1. The minimum atomic E-state index is -3.89. The van der Waals surface area contributed by atoms with E-state index in [1.807, 2.05) is 0 Å². The molecule has 1 heterocycles. The van der Waals surface area contributed by atoms with Crippen molar-refractivity contribution in [2.24, 2.45) is 0 Å². The summed E-state index contributed by atoms with van der Waals surface area (Å²) in [5, 5.41) is 0. The van der Waals surface area contributed by atoms with Gasteiger partial charge in [0.05, 0.1) is 24.0 Å². The number of hydrogen-bond donors (Lipinski definition) is 1. The smallest absolute Gasteiger partial charge is 0.253 e. The van der Waals surface area contributed by atoms with Gasteiger partial charge in [-0.15, -0.1) is 0 Å². The quantitative estimate of drug-likeness (QED) is 0.775. The number of benzene rings is 1. The molecule has 0 amide bonds. The summed E-state index contributed by atoms with van der Waals surface area (Å²) in [4.78, 5) is 16.4. The standard InChI is InChI=1S/C18H22FN3O4S/c1-26-17-7-6-14(10-15(17)19)27(24,25)21-8-9-22-12-20-16(11-18(22)23)13-4-2-3-5-13/h6-7,10-13,21H,2-5,8-9H2,1H3. The number of rotatable bonds is 7. The van der Waals surface area contributed by atoms with Gasteiger partial charge in [-0.05, 0) is 31.0 Å². The average molecular weight is 395 g/mol. The highest BCUT2D eigenvalue weighted by molar-refractivity contribution is 7.89. The van der Waals surface area contributed by atoms with Crippen molar-refractivity contribution >= 4 is 10.0 Å². The van der Waals surface area contributed by atoms with Crippen LogP contribution in [0.2, 0.25) is 0 Å². The van der Waals surface area contributed by atoms with Crippen LogP contribution in [0.25, 0.3) is 0 Å². The summed E-state index contributed by atoms with van der Waals surface area (Å²) in [7, 11) is -2.59. The number of methoxy groups -OCH3 is 1. The van der Waals surface area contributed by atoms with Crippen LogP contribution >= 0.6 is 0 Å². The second-order valence-corrected chi connectivity index (χ2v) is 8.29. The molecular weight excluding hydrogens is 373 g/mol. The molecule has 0 radical (unpaired) electrons. The monoisotopic (exact) mass is 395 g/mol. The van der Waals surface area contributed by atoms with Crippen molar-refractivity contribution in [1.29, 1.82) is 0 Å². The van der Waals surface area contributed by atoms with E-state index in [1.54, 1.807) is 0 Å². The van der Waals surface area contributed by atoms with Crippen LogP contribution in [-0.4, -0.2) is 31.6 Å². The summed E-state index contributed by atoms with van der Waals surface area (Å²) >= 11 is 0. The Kier molecular flexibility index (Phi) is 5.91. The minimum absolute atomic E-state index is 0.0135. The van der Waals surface area contributed by atoms with E-state index >= 15 is 0 Å². The van der Waals surface area contributed by atoms with Gasteiger partial charge >= 0.3 is 0 Å². The molecular formula is C18H22FN3O4S. The number of nitrogens with zero attached hydrogens (tertiary/aromatic N) is 2. The van der Waals surface area contributed by atoms with Crippen LogP contribution in [0.3, 0.4) is 0 Å². The Balaban J connectivity index is 1.63. The van der Waals surface area contributed by atoms with E-state index in [9.17, 15) is 17.6 Å². The Bertz CT molecular complexity index is 969. The van der Waals surface area contributed by atoms with Crippen molar-refractivity contribution in [3.63, 3.8) is 0 Å². The van der Waals surface area contributed by atoms with Gasteiger partial charge in [-0.1, -0.05) is 12.8 Å². The van der Waals surface area contributed by atoms with Gasteiger partial charge in [-0.25, -0.2) is 22.5 Å². The number of aromatic nitrogens is 2. The Morgan fingerprint density at radius 2 is 2.04 bits per heavy atom. The fourth-order valence-electron chi connectivity index (χ4n) is 3.25. The molecule has 0 unspecified atom stereocenters. The third kappa shape index (κ3) is 4.54. The zero-order chi connectivity index (χ0) is 19.4. The first-order valence-corrected chi connectivity index (χ1v) is 10.3. The second kappa shape index (κ2) is 8.18. The van der Waals surface area contributed by atoms with E-state index in [4.69, 9.17) is 4.74 Å². The van der Waals surface area contributed by atoms with Gasteiger partial charge in [0.15, 0.2) is 11.6 Å². The minimum Gasteiger partial charge on any atom is -0.494 e. The van der Waals surface area contributed by atoms with Crippen LogP contribution < -0.4 is 15.0 Å². The highest BCUT2D eigenvalue weighted by atomic mass is 32.2. The van der Waals surface area contributed by atoms with Crippen LogP contribution in [0, 0.1) is 5.82 Å². The lowest BCUT2D eigenvalue weighted by molar-refractivity contribution is 0.385. The maximum atomic E-state index is 13.7. The first kappa shape index (κ1) is 19.5. The maximum absolute atomic E-state index is 13.7. The van der Waals surface area contributed by atoms with Gasteiger partial charge in [0.2, 0.25) is 10.0 Å². The molecule has 1 fully saturated rings. The van der Waals surface area contributed by atoms with Crippen molar-refractivity contribution in [1.82, 2.24) is 14.3 Å². The molecule has 1 saturated carbocycles. The predicted octanol–water partition coefficient (Wildman–Crippen LogP) is 2.03. The molecule has 1 N–H and O–H groups in total. The number of halogens is 1. The number of hydrogen-bond acceptors (Lipinski definition) is 5. The first-order valence-electron chi connectivity index (χ1n) is 8.80. The SMILES string of the molecule is COc1ccc(S(=O)(=O)NCCn2cnc(C3CCCC3)cc2=O)cc1F. The molecule has 146 valence electrons. The molecule has 9 heteroatoms. The Labute approximate surface area is 157 Å². The maximum Gasteiger partial charge on any atom is 0.253 e. The zero-order valence-corrected chi connectivity index (χ0v) is 15.8.